The number of piperazine rings is 1. The number of aliphatic hydroxyl groups is 1. The Bertz CT molecular complexity index is 702. The number of hydrogen-bond acceptors (Lipinski definition) is 2. The molecule has 1 aliphatic heterocycles. The molecule has 2 aromatic rings. The quantitative estimate of drug-likeness (QED) is 0.658. The lowest BCUT2D eigenvalue weighted by Crippen LogP contribution is -3.28. The lowest BCUT2D eigenvalue weighted by molar-refractivity contribution is -1.02. The predicted octanol–water partition coefficient (Wildman–Crippen LogP) is 0.707. The molecule has 0 spiro atoms. The van der Waals surface area contributed by atoms with E-state index in [9.17, 15) is 5.11 Å². The summed E-state index contributed by atoms with van der Waals surface area (Å²) in [5.74, 6) is 0.833. The van der Waals surface area contributed by atoms with E-state index < -0.39 is 6.10 Å². The second kappa shape index (κ2) is 9.55. The van der Waals surface area contributed by atoms with Crippen molar-refractivity contribution in [1.29, 1.82) is 0 Å². The van der Waals surface area contributed by atoms with Gasteiger partial charge in [-0.15, -0.1) is 0 Å². The molecule has 1 aliphatic rings. The Morgan fingerprint density at radius 3 is 2.11 bits per heavy atom. The fourth-order valence-corrected chi connectivity index (χ4v) is 3.86. The molecule has 3 N–H and O–H groups in total. The van der Waals surface area contributed by atoms with E-state index in [-0.39, 0.29) is 5.41 Å². The minimum absolute atomic E-state index is 0.145. The van der Waals surface area contributed by atoms with Gasteiger partial charge in [0.05, 0.1) is 0 Å². The van der Waals surface area contributed by atoms with Crippen LogP contribution in [0.2, 0.25) is 0 Å². The van der Waals surface area contributed by atoms with Crippen LogP contribution in [0.5, 0.6) is 5.75 Å². The molecule has 1 atom stereocenters. The van der Waals surface area contributed by atoms with Crippen LogP contribution < -0.4 is 14.5 Å². The molecule has 1 saturated heterocycles. The summed E-state index contributed by atoms with van der Waals surface area (Å²) in [6.07, 6.45) is -0.423. The van der Waals surface area contributed by atoms with Crippen molar-refractivity contribution >= 4 is 0 Å². The Labute approximate surface area is 169 Å². The maximum absolute atomic E-state index is 10.4. The van der Waals surface area contributed by atoms with Crippen molar-refractivity contribution in [3.05, 3.63) is 65.7 Å². The molecule has 4 heteroatoms. The summed E-state index contributed by atoms with van der Waals surface area (Å²) in [6, 6.07) is 19.0. The molecular formula is C24H36N2O2+2. The first-order valence-corrected chi connectivity index (χ1v) is 10.5. The second-order valence-electron chi connectivity index (χ2n) is 9.11. The molecule has 0 amide bonds. The molecule has 0 aliphatic carbocycles. The predicted molar refractivity (Wildman–Crippen MR) is 113 cm³/mol. The van der Waals surface area contributed by atoms with Crippen molar-refractivity contribution in [3.63, 3.8) is 0 Å². The highest BCUT2D eigenvalue weighted by atomic mass is 16.5. The van der Waals surface area contributed by atoms with Crippen molar-refractivity contribution in [1.82, 2.24) is 0 Å². The SMILES string of the molecule is CC(C)(C)c1ccc(OC[C@@H](O)C[NH+]2CC[NH+](Cc3ccccc3)CC2)cc1. The van der Waals surface area contributed by atoms with E-state index in [4.69, 9.17) is 4.74 Å². The third kappa shape index (κ3) is 6.33. The van der Waals surface area contributed by atoms with Crippen LogP contribution in [0.3, 0.4) is 0 Å². The molecule has 1 fully saturated rings. The van der Waals surface area contributed by atoms with Crippen molar-refractivity contribution in [3.8, 4) is 5.75 Å². The van der Waals surface area contributed by atoms with Crippen LogP contribution >= 0.6 is 0 Å². The fraction of sp³-hybridized carbons (Fsp3) is 0.500. The second-order valence-corrected chi connectivity index (χ2v) is 9.11. The summed E-state index contributed by atoms with van der Waals surface area (Å²) in [4.78, 5) is 3.12. The minimum atomic E-state index is -0.423. The molecule has 2 aromatic carbocycles. The third-order valence-corrected chi connectivity index (χ3v) is 5.65. The molecule has 152 valence electrons. The Morgan fingerprint density at radius 1 is 0.893 bits per heavy atom. The van der Waals surface area contributed by atoms with Gasteiger partial charge >= 0.3 is 0 Å². The highest BCUT2D eigenvalue weighted by Crippen LogP contribution is 2.24. The van der Waals surface area contributed by atoms with Gasteiger partial charge in [-0.25, -0.2) is 0 Å². The fourth-order valence-electron chi connectivity index (χ4n) is 3.86. The van der Waals surface area contributed by atoms with Crippen LogP contribution in [-0.2, 0) is 12.0 Å². The number of hydrogen-bond donors (Lipinski definition) is 3. The van der Waals surface area contributed by atoms with E-state index in [0.717, 1.165) is 45.0 Å². The number of nitrogens with one attached hydrogen (secondary N) is 2. The number of rotatable bonds is 7. The van der Waals surface area contributed by atoms with Crippen molar-refractivity contribution in [2.45, 2.75) is 38.8 Å². The molecule has 0 radical (unpaired) electrons. The van der Waals surface area contributed by atoms with E-state index in [0.29, 0.717) is 6.61 Å². The number of benzene rings is 2. The minimum Gasteiger partial charge on any atom is -0.491 e. The Morgan fingerprint density at radius 2 is 1.50 bits per heavy atom. The van der Waals surface area contributed by atoms with Crippen molar-refractivity contribution < 1.29 is 19.6 Å². The first-order chi connectivity index (χ1) is 13.4. The zero-order chi connectivity index (χ0) is 20.0. The summed E-state index contributed by atoms with van der Waals surface area (Å²) in [5, 5.41) is 10.4. The van der Waals surface area contributed by atoms with Gasteiger partial charge in [-0.05, 0) is 23.1 Å². The van der Waals surface area contributed by atoms with Crippen molar-refractivity contribution in [2.24, 2.45) is 0 Å². The van der Waals surface area contributed by atoms with Gasteiger partial charge < -0.3 is 19.6 Å². The van der Waals surface area contributed by atoms with Crippen LogP contribution in [0.4, 0.5) is 0 Å². The van der Waals surface area contributed by atoms with E-state index in [1.807, 2.05) is 12.1 Å². The van der Waals surface area contributed by atoms with E-state index in [1.54, 1.807) is 4.90 Å². The lowest BCUT2D eigenvalue weighted by Gasteiger charge is -2.30. The molecule has 0 bridgehead atoms. The monoisotopic (exact) mass is 384 g/mol. The van der Waals surface area contributed by atoms with E-state index >= 15 is 0 Å². The molecule has 28 heavy (non-hydrogen) atoms. The average Bonchev–Trinajstić information content (AvgIpc) is 2.68. The summed E-state index contributed by atoms with van der Waals surface area (Å²) < 4.78 is 5.81. The van der Waals surface area contributed by atoms with Gasteiger partial charge in [0.2, 0.25) is 0 Å². The van der Waals surface area contributed by atoms with E-state index in [1.165, 1.54) is 16.0 Å². The van der Waals surface area contributed by atoms with Crippen molar-refractivity contribution in [2.75, 3.05) is 39.3 Å². The van der Waals surface area contributed by atoms with Crippen LogP contribution in [0.1, 0.15) is 31.9 Å². The molecular weight excluding hydrogens is 348 g/mol. The summed E-state index contributed by atoms with van der Waals surface area (Å²) in [5.41, 5.74) is 2.85. The average molecular weight is 385 g/mol. The van der Waals surface area contributed by atoms with E-state index in [2.05, 4.69) is 63.2 Å². The van der Waals surface area contributed by atoms with Gasteiger partial charge in [0, 0.05) is 5.56 Å². The van der Waals surface area contributed by atoms with Gasteiger partial charge in [0.15, 0.2) is 0 Å². The topological polar surface area (TPSA) is 38.3 Å². The molecule has 1 heterocycles. The lowest BCUT2D eigenvalue weighted by atomic mass is 9.87. The molecule has 3 rings (SSSR count). The largest absolute Gasteiger partial charge is 0.491 e. The number of ether oxygens (including phenoxy) is 1. The van der Waals surface area contributed by atoms with Gasteiger partial charge in [-0.1, -0.05) is 63.2 Å². The third-order valence-electron chi connectivity index (χ3n) is 5.65. The summed E-state index contributed by atoms with van der Waals surface area (Å²) >= 11 is 0. The van der Waals surface area contributed by atoms with Gasteiger partial charge in [0.25, 0.3) is 0 Å². The van der Waals surface area contributed by atoms with Crippen LogP contribution in [0.15, 0.2) is 54.6 Å². The number of aliphatic hydroxyl groups excluding tert-OH is 1. The first kappa shape index (κ1) is 20.8. The Balaban J connectivity index is 1.37. The van der Waals surface area contributed by atoms with Gasteiger partial charge in [0.1, 0.15) is 57.7 Å². The normalized spacial score (nSPS) is 21.3. The highest BCUT2D eigenvalue weighted by molar-refractivity contribution is 5.31. The standard InChI is InChI=1S/C24H34N2O2/c1-24(2,3)21-9-11-23(12-10-21)28-19-22(27)18-26-15-13-25(14-16-26)17-20-7-5-4-6-8-20/h4-12,22,27H,13-19H2,1-3H3/p+2/t22-/m0/s1. The van der Waals surface area contributed by atoms with Gasteiger partial charge in [-0.2, -0.15) is 0 Å². The first-order valence-electron chi connectivity index (χ1n) is 10.5. The number of quaternary nitrogens is 2. The smallest absolute Gasteiger partial charge is 0.137 e. The van der Waals surface area contributed by atoms with Crippen LogP contribution in [-0.4, -0.2) is 50.5 Å². The molecule has 0 aromatic heterocycles. The zero-order valence-corrected chi connectivity index (χ0v) is 17.6. The maximum atomic E-state index is 10.4. The van der Waals surface area contributed by atoms with Crippen LogP contribution in [0, 0.1) is 0 Å². The molecule has 4 nitrogen and oxygen atoms in total. The zero-order valence-electron chi connectivity index (χ0n) is 17.6. The summed E-state index contributed by atoms with van der Waals surface area (Å²) in [6.45, 7) is 13.4. The maximum Gasteiger partial charge on any atom is 0.137 e. The Hall–Kier alpha value is -1.88. The Kier molecular flexibility index (Phi) is 7.11. The molecule has 0 saturated carbocycles. The van der Waals surface area contributed by atoms with Gasteiger partial charge in [-0.3, -0.25) is 0 Å². The highest BCUT2D eigenvalue weighted by Gasteiger charge is 2.25. The molecule has 0 unspecified atom stereocenters. The summed E-state index contributed by atoms with van der Waals surface area (Å²) in [7, 11) is 0. The van der Waals surface area contributed by atoms with Crippen LogP contribution in [0.25, 0.3) is 0 Å².